The second-order valence-corrected chi connectivity index (χ2v) is 11.4. The van der Waals surface area contributed by atoms with Gasteiger partial charge < -0.3 is 4.57 Å². The van der Waals surface area contributed by atoms with Gasteiger partial charge in [-0.25, -0.2) is 4.85 Å². The first kappa shape index (κ1) is 24.1. The van der Waals surface area contributed by atoms with Crippen molar-refractivity contribution in [3.05, 3.63) is 144 Å². The van der Waals surface area contributed by atoms with Gasteiger partial charge in [0.25, 0.3) is 0 Å². The van der Waals surface area contributed by atoms with Crippen LogP contribution >= 0.6 is 11.3 Å². The second kappa shape index (κ2) is 9.46. The maximum absolute atomic E-state index is 10.3. The summed E-state index contributed by atoms with van der Waals surface area (Å²) in [5, 5.41) is 15.0. The monoisotopic (exact) mass is 551 g/mol. The van der Waals surface area contributed by atoms with Crippen LogP contribution in [0.2, 0.25) is 0 Å². The highest BCUT2D eigenvalue weighted by Gasteiger charge is 2.22. The van der Waals surface area contributed by atoms with Crippen molar-refractivity contribution in [3.8, 4) is 34.0 Å². The first-order valence-corrected chi connectivity index (χ1v) is 14.5. The molecular formula is C38H21N3S. The molecule has 0 saturated carbocycles. The molecule has 0 atom stereocenters. The summed E-state index contributed by atoms with van der Waals surface area (Å²) in [6.07, 6.45) is 0. The fraction of sp³-hybridized carbons (Fsp3) is 0. The molecule has 4 heteroatoms. The number of benzene rings is 6. The molecule has 42 heavy (non-hydrogen) atoms. The number of thiophene rings is 1. The van der Waals surface area contributed by atoms with E-state index >= 15 is 0 Å². The molecule has 8 aromatic rings. The Morgan fingerprint density at radius 2 is 1.26 bits per heavy atom. The van der Waals surface area contributed by atoms with Crippen molar-refractivity contribution in [2.45, 2.75) is 0 Å². The van der Waals surface area contributed by atoms with E-state index in [0.717, 1.165) is 49.7 Å². The fourth-order valence-corrected chi connectivity index (χ4v) is 7.39. The molecular weight excluding hydrogens is 531 g/mol. The molecule has 3 nitrogen and oxygen atoms in total. The van der Waals surface area contributed by atoms with E-state index in [9.17, 15) is 5.26 Å². The van der Waals surface area contributed by atoms with Gasteiger partial charge in [-0.3, -0.25) is 0 Å². The van der Waals surface area contributed by atoms with Crippen LogP contribution in [0.1, 0.15) is 5.56 Å². The Bertz CT molecular complexity index is 2390. The molecule has 0 aliphatic rings. The van der Waals surface area contributed by atoms with E-state index in [1.165, 1.54) is 20.2 Å². The van der Waals surface area contributed by atoms with Gasteiger partial charge in [-0.2, -0.15) is 5.26 Å². The van der Waals surface area contributed by atoms with Crippen LogP contribution in [0.15, 0.2) is 127 Å². The van der Waals surface area contributed by atoms with Crippen molar-refractivity contribution in [2.75, 3.05) is 0 Å². The highest BCUT2D eigenvalue weighted by molar-refractivity contribution is 7.25. The molecule has 0 fully saturated rings. The molecule has 194 valence electrons. The first-order chi connectivity index (χ1) is 20.8. The minimum Gasteiger partial charge on any atom is -0.318 e. The topological polar surface area (TPSA) is 33.1 Å². The number of fused-ring (bicyclic) bond motifs is 6. The van der Waals surface area contributed by atoms with Gasteiger partial charge >= 0.3 is 0 Å². The highest BCUT2D eigenvalue weighted by Crippen LogP contribution is 2.45. The Balaban J connectivity index is 1.47. The van der Waals surface area contributed by atoms with E-state index in [4.69, 9.17) is 6.57 Å². The van der Waals surface area contributed by atoms with Crippen molar-refractivity contribution in [2.24, 2.45) is 0 Å². The van der Waals surface area contributed by atoms with E-state index in [0.29, 0.717) is 11.3 Å². The highest BCUT2D eigenvalue weighted by atomic mass is 32.1. The molecule has 6 aromatic carbocycles. The standard InChI is InChI=1S/C38H21N3S/c1-40-32-16-9-15-30(38(32)41-33-17-5-2-11-26(33)27-12-3-6-18-34(27)41)29-14-8-10-25(23-39)37(29)24-20-21-36-31(22-24)28-13-4-7-19-35(28)42-36/h2-22H. The summed E-state index contributed by atoms with van der Waals surface area (Å²) < 4.78 is 4.68. The van der Waals surface area contributed by atoms with Crippen molar-refractivity contribution in [3.63, 3.8) is 0 Å². The van der Waals surface area contributed by atoms with Crippen LogP contribution in [-0.4, -0.2) is 4.57 Å². The van der Waals surface area contributed by atoms with Gasteiger partial charge in [-0.1, -0.05) is 91.0 Å². The quantitative estimate of drug-likeness (QED) is 0.201. The summed E-state index contributed by atoms with van der Waals surface area (Å²) in [5.74, 6) is 0. The van der Waals surface area contributed by atoms with E-state index in [1.807, 2.05) is 36.4 Å². The van der Waals surface area contributed by atoms with Crippen LogP contribution in [0.5, 0.6) is 0 Å². The number of rotatable bonds is 3. The van der Waals surface area contributed by atoms with Gasteiger partial charge in [0.1, 0.15) is 0 Å². The fourth-order valence-electron chi connectivity index (χ4n) is 6.30. The van der Waals surface area contributed by atoms with Crippen molar-refractivity contribution in [1.29, 1.82) is 5.26 Å². The van der Waals surface area contributed by atoms with Crippen LogP contribution in [0.4, 0.5) is 5.69 Å². The Morgan fingerprint density at radius 1 is 0.619 bits per heavy atom. The summed E-state index contributed by atoms with van der Waals surface area (Å²) in [7, 11) is 0. The van der Waals surface area contributed by atoms with Crippen LogP contribution in [0, 0.1) is 17.9 Å². The molecule has 0 bridgehead atoms. The Hall–Kier alpha value is -5.68. The van der Waals surface area contributed by atoms with Gasteiger partial charge in [0.15, 0.2) is 0 Å². The average Bonchev–Trinajstić information content (AvgIpc) is 3.59. The molecule has 0 radical (unpaired) electrons. The summed E-state index contributed by atoms with van der Waals surface area (Å²) in [6, 6.07) is 45.9. The summed E-state index contributed by atoms with van der Waals surface area (Å²) in [5.41, 5.74) is 7.77. The van der Waals surface area contributed by atoms with E-state index < -0.39 is 0 Å². The Labute approximate surface area is 246 Å². The smallest absolute Gasteiger partial charge is 0.211 e. The lowest BCUT2D eigenvalue weighted by Gasteiger charge is -2.19. The zero-order chi connectivity index (χ0) is 28.2. The zero-order valence-electron chi connectivity index (χ0n) is 22.4. The number of hydrogen-bond acceptors (Lipinski definition) is 2. The largest absolute Gasteiger partial charge is 0.318 e. The lowest BCUT2D eigenvalue weighted by Crippen LogP contribution is -1.99. The van der Waals surface area contributed by atoms with E-state index in [-0.39, 0.29) is 0 Å². The minimum atomic E-state index is 0.562. The van der Waals surface area contributed by atoms with E-state index in [2.05, 4.69) is 106 Å². The van der Waals surface area contributed by atoms with Gasteiger partial charge in [0, 0.05) is 36.5 Å². The molecule has 8 rings (SSSR count). The van der Waals surface area contributed by atoms with Crippen molar-refractivity contribution >= 4 is 59.0 Å². The second-order valence-electron chi connectivity index (χ2n) is 10.3. The van der Waals surface area contributed by atoms with Crippen LogP contribution in [0.3, 0.4) is 0 Å². The number of aromatic nitrogens is 1. The lowest BCUT2D eigenvalue weighted by molar-refractivity contribution is 1.19. The minimum absolute atomic E-state index is 0.562. The summed E-state index contributed by atoms with van der Waals surface area (Å²) in [4.78, 5) is 4.00. The molecule has 0 aliphatic heterocycles. The Morgan fingerprint density at radius 3 is 2.00 bits per heavy atom. The third-order valence-electron chi connectivity index (χ3n) is 8.08. The lowest BCUT2D eigenvalue weighted by atomic mass is 9.89. The zero-order valence-corrected chi connectivity index (χ0v) is 23.2. The Kier molecular flexibility index (Phi) is 5.44. The molecule has 2 heterocycles. The van der Waals surface area contributed by atoms with Crippen LogP contribution in [-0.2, 0) is 0 Å². The molecule has 0 amide bonds. The third kappa shape index (κ3) is 3.50. The normalized spacial score (nSPS) is 11.3. The van der Waals surface area contributed by atoms with Gasteiger partial charge in [0.05, 0.1) is 34.9 Å². The molecule has 0 N–H and O–H groups in total. The number of para-hydroxylation sites is 3. The number of hydrogen-bond donors (Lipinski definition) is 0. The third-order valence-corrected chi connectivity index (χ3v) is 9.23. The van der Waals surface area contributed by atoms with Crippen LogP contribution < -0.4 is 0 Å². The molecule has 0 aliphatic carbocycles. The molecule has 0 saturated heterocycles. The van der Waals surface area contributed by atoms with Crippen molar-refractivity contribution < 1.29 is 0 Å². The first-order valence-electron chi connectivity index (χ1n) is 13.7. The van der Waals surface area contributed by atoms with Gasteiger partial charge in [-0.05, 0) is 53.1 Å². The average molecular weight is 552 g/mol. The van der Waals surface area contributed by atoms with E-state index in [1.54, 1.807) is 11.3 Å². The van der Waals surface area contributed by atoms with Gasteiger partial charge in [-0.15, -0.1) is 11.3 Å². The maximum atomic E-state index is 10.3. The SMILES string of the molecule is [C-]#[N+]c1cccc(-c2cccc(C#N)c2-c2ccc3sc4ccccc4c3c2)c1-n1c2ccccc2c2ccccc21. The summed E-state index contributed by atoms with van der Waals surface area (Å²) >= 11 is 1.78. The number of nitriles is 1. The molecule has 2 aromatic heterocycles. The number of nitrogens with zero attached hydrogens (tertiary/aromatic N) is 3. The molecule has 0 spiro atoms. The molecule has 0 unspecified atom stereocenters. The maximum Gasteiger partial charge on any atom is 0.211 e. The van der Waals surface area contributed by atoms with Gasteiger partial charge in [0.2, 0.25) is 5.69 Å². The predicted octanol–water partition coefficient (Wildman–Crippen LogP) is 10.9. The predicted molar refractivity (Wildman–Crippen MR) is 176 cm³/mol. The summed E-state index contributed by atoms with van der Waals surface area (Å²) in [6.45, 7) is 8.17. The van der Waals surface area contributed by atoms with Crippen molar-refractivity contribution in [1.82, 2.24) is 4.57 Å². The van der Waals surface area contributed by atoms with Crippen LogP contribution in [0.25, 0.3) is 74.8 Å².